The van der Waals surface area contributed by atoms with Gasteiger partial charge in [-0.3, -0.25) is 4.79 Å². The van der Waals surface area contributed by atoms with Crippen LogP contribution in [0.2, 0.25) is 5.15 Å². The third-order valence-corrected chi connectivity index (χ3v) is 2.76. The van der Waals surface area contributed by atoms with Crippen LogP contribution in [0.5, 0.6) is 5.88 Å². The molecular weight excluding hydrogens is 249 g/mol. The Morgan fingerprint density at radius 2 is 2.35 bits per heavy atom. The Morgan fingerprint density at radius 1 is 1.53 bits per heavy atom. The second-order valence-electron chi connectivity index (χ2n) is 3.59. The van der Waals surface area contributed by atoms with Gasteiger partial charge in [0, 0.05) is 12.6 Å². The van der Waals surface area contributed by atoms with Gasteiger partial charge in [0.15, 0.2) is 11.0 Å². The maximum atomic E-state index is 13.8. The predicted octanol–water partition coefficient (Wildman–Crippen LogP) is 1.52. The van der Waals surface area contributed by atoms with Crippen molar-refractivity contribution in [1.82, 2.24) is 9.97 Å². The van der Waals surface area contributed by atoms with Crippen molar-refractivity contribution in [2.45, 2.75) is 0 Å². The standard InChI is InChI=1S/C10H7ClFN3O2/c11-9-7(12)8-6-4(3-5(16)14-8)13-1-2-17-10(6)15-9/h3,13H,1-2H2,(H,14,16). The van der Waals surface area contributed by atoms with Crippen molar-refractivity contribution >= 4 is 28.2 Å². The minimum atomic E-state index is -0.753. The van der Waals surface area contributed by atoms with Crippen molar-refractivity contribution in [2.24, 2.45) is 0 Å². The second kappa shape index (κ2) is 3.59. The quantitative estimate of drug-likeness (QED) is 0.701. The Morgan fingerprint density at radius 3 is 3.18 bits per heavy atom. The van der Waals surface area contributed by atoms with Crippen LogP contribution in [0.25, 0.3) is 10.9 Å². The molecule has 0 saturated carbocycles. The average molecular weight is 256 g/mol. The summed E-state index contributed by atoms with van der Waals surface area (Å²) in [6.07, 6.45) is 0. The van der Waals surface area contributed by atoms with Crippen molar-refractivity contribution < 1.29 is 9.13 Å². The van der Waals surface area contributed by atoms with Gasteiger partial charge in [-0.1, -0.05) is 11.6 Å². The SMILES string of the molecule is O=c1cc2c3c(nc(Cl)c(F)c3[nH]1)OCCN2. The molecule has 1 aliphatic rings. The van der Waals surface area contributed by atoms with E-state index in [9.17, 15) is 9.18 Å². The van der Waals surface area contributed by atoms with E-state index < -0.39 is 11.4 Å². The highest BCUT2D eigenvalue weighted by Crippen LogP contribution is 2.34. The highest BCUT2D eigenvalue weighted by atomic mass is 35.5. The molecule has 2 aromatic heterocycles. The molecule has 88 valence electrons. The Kier molecular flexibility index (Phi) is 2.19. The van der Waals surface area contributed by atoms with Crippen LogP contribution in [0.4, 0.5) is 10.1 Å². The molecule has 0 spiro atoms. The lowest BCUT2D eigenvalue weighted by molar-refractivity contribution is 0.326. The fraction of sp³-hybridized carbons (Fsp3) is 0.200. The van der Waals surface area contributed by atoms with Crippen molar-refractivity contribution in [3.63, 3.8) is 0 Å². The maximum Gasteiger partial charge on any atom is 0.250 e. The molecule has 0 aliphatic carbocycles. The number of nitrogens with one attached hydrogen (secondary N) is 2. The van der Waals surface area contributed by atoms with Crippen LogP contribution < -0.4 is 15.6 Å². The van der Waals surface area contributed by atoms with E-state index in [1.54, 1.807) is 0 Å². The van der Waals surface area contributed by atoms with E-state index in [1.165, 1.54) is 6.07 Å². The summed E-state index contributed by atoms with van der Waals surface area (Å²) in [5.74, 6) is -0.528. The number of pyridine rings is 2. The molecule has 2 N–H and O–H groups in total. The van der Waals surface area contributed by atoms with Gasteiger partial charge >= 0.3 is 0 Å². The number of rotatable bonds is 0. The van der Waals surface area contributed by atoms with Crippen molar-refractivity contribution in [3.05, 3.63) is 27.4 Å². The molecule has 7 heteroatoms. The van der Waals surface area contributed by atoms with Crippen molar-refractivity contribution in [2.75, 3.05) is 18.5 Å². The Labute approximate surface area is 99.6 Å². The molecule has 0 bridgehead atoms. The molecule has 1 aliphatic heterocycles. The van der Waals surface area contributed by atoms with Gasteiger partial charge in [0.05, 0.1) is 16.6 Å². The number of halogens is 2. The number of anilines is 1. The number of aromatic amines is 1. The molecule has 2 aromatic rings. The van der Waals surface area contributed by atoms with E-state index in [0.29, 0.717) is 24.2 Å². The Balaban J connectivity index is 2.52. The molecule has 0 aromatic carbocycles. The summed E-state index contributed by atoms with van der Waals surface area (Å²) in [5, 5.41) is 3.07. The molecule has 0 saturated heterocycles. The zero-order valence-corrected chi connectivity index (χ0v) is 9.27. The van der Waals surface area contributed by atoms with E-state index >= 15 is 0 Å². The minimum absolute atomic E-state index is 0.0110. The molecule has 5 nitrogen and oxygen atoms in total. The molecular formula is C10H7ClFN3O2. The lowest BCUT2D eigenvalue weighted by Gasteiger charge is -2.08. The third-order valence-electron chi connectivity index (χ3n) is 2.51. The fourth-order valence-corrected chi connectivity index (χ4v) is 1.99. The van der Waals surface area contributed by atoms with Crippen molar-refractivity contribution in [3.8, 4) is 5.88 Å². The van der Waals surface area contributed by atoms with Crippen LogP contribution in [0, 0.1) is 5.82 Å². The van der Waals surface area contributed by atoms with Crippen molar-refractivity contribution in [1.29, 1.82) is 0 Å². The molecule has 0 unspecified atom stereocenters. The monoisotopic (exact) mass is 255 g/mol. The van der Waals surface area contributed by atoms with Crippen LogP contribution in [0.3, 0.4) is 0 Å². The van der Waals surface area contributed by atoms with E-state index in [0.717, 1.165) is 0 Å². The Hall–Kier alpha value is -1.82. The lowest BCUT2D eigenvalue weighted by Crippen LogP contribution is -2.10. The van der Waals surface area contributed by atoms with E-state index in [-0.39, 0.29) is 16.5 Å². The molecule has 0 amide bonds. The zero-order valence-electron chi connectivity index (χ0n) is 8.51. The van der Waals surface area contributed by atoms with Gasteiger partial charge in [0.2, 0.25) is 5.88 Å². The first-order chi connectivity index (χ1) is 8.16. The number of hydrogen-bond donors (Lipinski definition) is 2. The highest BCUT2D eigenvalue weighted by Gasteiger charge is 2.20. The highest BCUT2D eigenvalue weighted by molar-refractivity contribution is 6.30. The first-order valence-electron chi connectivity index (χ1n) is 4.95. The predicted molar refractivity (Wildman–Crippen MR) is 61.3 cm³/mol. The summed E-state index contributed by atoms with van der Waals surface area (Å²) in [5.41, 5.74) is 0.102. The zero-order chi connectivity index (χ0) is 12.0. The summed E-state index contributed by atoms with van der Waals surface area (Å²) >= 11 is 5.65. The first-order valence-corrected chi connectivity index (χ1v) is 5.33. The van der Waals surface area contributed by atoms with Gasteiger partial charge < -0.3 is 15.0 Å². The molecule has 3 heterocycles. The number of hydrogen-bond acceptors (Lipinski definition) is 4. The van der Waals surface area contributed by atoms with Gasteiger partial charge in [0.25, 0.3) is 5.56 Å². The minimum Gasteiger partial charge on any atom is -0.475 e. The normalized spacial score (nSPS) is 14.0. The summed E-state index contributed by atoms with van der Waals surface area (Å²) in [7, 11) is 0. The van der Waals surface area contributed by atoms with Gasteiger partial charge in [-0.25, -0.2) is 4.39 Å². The maximum absolute atomic E-state index is 13.8. The van der Waals surface area contributed by atoms with Crippen LogP contribution in [0.1, 0.15) is 0 Å². The number of ether oxygens (including phenoxy) is 1. The topological polar surface area (TPSA) is 67.0 Å². The summed E-state index contributed by atoms with van der Waals surface area (Å²) < 4.78 is 19.1. The van der Waals surface area contributed by atoms with Gasteiger partial charge in [0.1, 0.15) is 6.61 Å². The Bertz CT molecular complexity index is 671. The number of H-pyrrole nitrogens is 1. The first kappa shape index (κ1) is 10.3. The van der Waals surface area contributed by atoms with Gasteiger partial charge in [-0.05, 0) is 0 Å². The van der Waals surface area contributed by atoms with Gasteiger partial charge in [-0.2, -0.15) is 4.98 Å². The number of aromatic nitrogens is 2. The van der Waals surface area contributed by atoms with Gasteiger partial charge in [-0.15, -0.1) is 0 Å². The lowest BCUT2D eigenvalue weighted by atomic mass is 10.2. The number of nitrogens with zero attached hydrogens (tertiary/aromatic N) is 1. The largest absolute Gasteiger partial charge is 0.475 e. The third kappa shape index (κ3) is 1.52. The summed E-state index contributed by atoms with van der Waals surface area (Å²) in [4.78, 5) is 17.6. The van der Waals surface area contributed by atoms with Crippen LogP contribution in [-0.4, -0.2) is 23.1 Å². The summed E-state index contributed by atoms with van der Waals surface area (Å²) in [6.45, 7) is 0.876. The molecule has 0 atom stereocenters. The molecule has 17 heavy (non-hydrogen) atoms. The fourth-order valence-electron chi connectivity index (χ4n) is 1.82. The van der Waals surface area contributed by atoms with Crippen LogP contribution in [-0.2, 0) is 0 Å². The smallest absolute Gasteiger partial charge is 0.250 e. The van der Waals surface area contributed by atoms with Crippen LogP contribution in [0.15, 0.2) is 10.9 Å². The molecule has 0 radical (unpaired) electrons. The average Bonchev–Trinajstić information content (AvgIpc) is 2.48. The second-order valence-corrected chi connectivity index (χ2v) is 3.95. The van der Waals surface area contributed by atoms with E-state index in [1.807, 2.05) is 0 Å². The van der Waals surface area contributed by atoms with Crippen LogP contribution >= 0.6 is 11.6 Å². The summed E-state index contributed by atoms with van der Waals surface area (Å²) in [6, 6.07) is 1.34. The molecule has 3 rings (SSSR count). The van der Waals surface area contributed by atoms with E-state index in [2.05, 4.69) is 15.3 Å². The van der Waals surface area contributed by atoms with E-state index in [4.69, 9.17) is 16.3 Å². The molecule has 0 fully saturated rings.